The molecule has 2 atom stereocenters. The van der Waals surface area contributed by atoms with Crippen LogP contribution in [-0.2, 0) is 0 Å². The van der Waals surface area contributed by atoms with Gasteiger partial charge < -0.3 is 9.88 Å². The molecule has 2 saturated carbocycles. The summed E-state index contributed by atoms with van der Waals surface area (Å²) >= 11 is 0. The fourth-order valence-corrected chi connectivity index (χ4v) is 3.13. The molecule has 0 amide bonds. The summed E-state index contributed by atoms with van der Waals surface area (Å²) in [5, 5.41) is 0. The number of hydrogen-bond donors (Lipinski definition) is 1. The number of nitrogens with zero attached hydrogens (tertiary/aromatic N) is 2. The average molecular weight is 261 g/mol. The number of hydrogen-bond acceptors (Lipinski definition) is 3. The Morgan fingerprint density at radius 1 is 1.32 bits per heavy atom. The summed E-state index contributed by atoms with van der Waals surface area (Å²) in [4.78, 5) is 21.5. The third-order valence-corrected chi connectivity index (χ3v) is 4.53. The minimum absolute atomic E-state index is 0.0115. The summed E-state index contributed by atoms with van der Waals surface area (Å²) in [6.45, 7) is 2.32. The average Bonchev–Trinajstić information content (AvgIpc) is 3.21. The molecule has 2 unspecified atom stereocenters. The van der Waals surface area contributed by atoms with Gasteiger partial charge in [0.15, 0.2) is 0 Å². The first kappa shape index (κ1) is 12.7. The molecule has 19 heavy (non-hydrogen) atoms. The Labute approximate surface area is 114 Å². The van der Waals surface area contributed by atoms with Crippen LogP contribution in [0, 0.1) is 5.92 Å². The van der Waals surface area contributed by atoms with Gasteiger partial charge in [0.1, 0.15) is 11.6 Å². The Kier molecular flexibility index (Phi) is 3.33. The van der Waals surface area contributed by atoms with Crippen molar-refractivity contribution in [3.63, 3.8) is 0 Å². The first-order chi connectivity index (χ1) is 9.13. The fourth-order valence-electron chi connectivity index (χ4n) is 3.13. The van der Waals surface area contributed by atoms with Gasteiger partial charge in [0, 0.05) is 25.1 Å². The van der Waals surface area contributed by atoms with E-state index < -0.39 is 0 Å². The predicted molar refractivity (Wildman–Crippen MR) is 76.7 cm³/mol. The largest absolute Gasteiger partial charge is 0.356 e. The van der Waals surface area contributed by atoms with Crippen LogP contribution < -0.4 is 10.5 Å². The van der Waals surface area contributed by atoms with Gasteiger partial charge in [-0.15, -0.1) is 0 Å². The smallest absolute Gasteiger partial charge is 0.252 e. The second kappa shape index (κ2) is 4.99. The van der Waals surface area contributed by atoms with Crippen LogP contribution in [0.15, 0.2) is 10.9 Å². The molecule has 2 fully saturated rings. The van der Waals surface area contributed by atoms with Crippen molar-refractivity contribution in [1.82, 2.24) is 9.97 Å². The van der Waals surface area contributed by atoms with Gasteiger partial charge in [0.25, 0.3) is 5.56 Å². The Morgan fingerprint density at radius 3 is 2.79 bits per heavy atom. The van der Waals surface area contributed by atoms with Crippen molar-refractivity contribution < 1.29 is 0 Å². The third kappa shape index (κ3) is 2.82. The maximum Gasteiger partial charge on any atom is 0.252 e. The van der Waals surface area contributed by atoms with Gasteiger partial charge in [-0.05, 0) is 31.6 Å². The predicted octanol–water partition coefficient (Wildman–Crippen LogP) is 2.66. The molecule has 3 rings (SSSR count). The van der Waals surface area contributed by atoms with Crippen LogP contribution in [0.1, 0.15) is 57.2 Å². The van der Waals surface area contributed by atoms with Crippen LogP contribution in [0.25, 0.3) is 0 Å². The lowest BCUT2D eigenvalue weighted by Crippen LogP contribution is -2.36. The Balaban J connectivity index is 1.82. The first-order valence-corrected chi connectivity index (χ1v) is 7.47. The second-order valence-electron chi connectivity index (χ2n) is 6.30. The van der Waals surface area contributed by atoms with E-state index in [2.05, 4.69) is 28.8 Å². The highest BCUT2D eigenvalue weighted by molar-refractivity contribution is 5.38. The molecule has 0 saturated heterocycles. The molecule has 0 aliphatic heterocycles. The minimum atomic E-state index is -0.0115. The van der Waals surface area contributed by atoms with Gasteiger partial charge in [-0.25, -0.2) is 4.98 Å². The van der Waals surface area contributed by atoms with Gasteiger partial charge in [-0.2, -0.15) is 0 Å². The molecule has 0 spiro atoms. The van der Waals surface area contributed by atoms with Gasteiger partial charge in [0.2, 0.25) is 0 Å². The van der Waals surface area contributed by atoms with Crippen molar-refractivity contribution in [3.05, 3.63) is 22.2 Å². The molecular formula is C15H23N3O. The quantitative estimate of drug-likeness (QED) is 0.910. The van der Waals surface area contributed by atoms with Gasteiger partial charge in [-0.1, -0.05) is 19.8 Å². The summed E-state index contributed by atoms with van der Waals surface area (Å²) in [6, 6.07) is 2.18. The van der Waals surface area contributed by atoms with E-state index in [4.69, 9.17) is 0 Å². The van der Waals surface area contributed by atoms with Crippen LogP contribution in [0.4, 0.5) is 5.82 Å². The molecule has 2 aliphatic rings. The standard InChI is InChI=1S/C15H23N3O/c1-10-4-3-5-12(8-10)18(2)13-9-14(19)17-15(16-13)11-6-7-11/h9-12H,3-8H2,1-2H3,(H,16,17,19). The summed E-state index contributed by atoms with van der Waals surface area (Å²) < 4.78 is 0. The lowest BCUT2D eigenvalue weighted by molar-refractivity contribution is 0.335. The molecule has 1 heterocycles. The number of anilines is 1. The number of aromatic amines is 1. The number of aromatic nitrogens is 2. The van der Waals surface area contributed by atoms with Crippen LogP contribution in [0.5, 0.6) is 0 Å². The van der Waals surface area contributed by atoms with Gasteiger partial charge in [0.05, 0.1) is 0 Å². The van der Waals surface area contributed by atoms with E-state index in [1.807, 2.05) is 0 Å². The van der Waals surface area contributed by atoms with Crippen molar-refractivity contribution in [2.75, 3.05) is 11.9 Å². The SMILES string of the molecule is CC1CCCC(N(C)c2cc(=O)[nH]c(C3CC3)n2)C1. The molecule has 4 heteroatoms. The van der Waals surface area contributed by atoms with Crippen LogP contribution in [0.3, 0.4) is 0 Å². The Bertz CT molecular complexity index is 506. The molecule has 0 aromatic carbocycles. The number of H-pyrrole nitrogens is 1. The molecule has 1 aromatic rings. The van der Waals surface area contributed by atoms with E-state index in [1.165, 1.54) is 25.7 Å². The summed E-state index contributed by atoms with van der Waals surface area (Å²) in [7, 11) is 2.08. The molecule has 1 aromatic heterocycles. The highest BCUT2D eigenvalue weighted by Gasteiger charge is 2.28. The van der Waals surface area contributed by atoms with E-state index in [9.17, 15) is 4.79 Å². The second-order valence-corrected chi connectivity index (χ2v) is 6.30. The number of rotatable bonds is 3. The van der Waals surface area contributed by atoms with Gasteiger partial charge in [-0.3, -0.25) is 4.79 Å². The Hall–Kier alpha value is -1.32. The van der Waals surface area contributed by atoms with Gasteiger partial charge >= 0.3 is 0 Å². The van der Waals surface area contributed by atoms with E-state index >= 15 is 0 Å². The normalized spacial score (nSPS) is 27.3. The maximum absolute atomic E-state index is 11.8. The zero-order valence-corrected chi connectivity index (χ0v) is 11.9. The molecular weight excluding hydrogens is 238 g/mol. The zero-order valence-electron chi connectivity index (χ0n) is 11.9. The lowest BCUT2D eigenvalue weighted by Gasteiger charge is -2.34. The van der Waals surface area contributed by atoms with Crippen LogP contribution >= 0.6 is 0 Å². The van der Waals surface area contributed by atoms with Crippen molar-refractivity contribution in [1.29, 1.82) is 0 Å². The molecule has 4 nitrogen and oxygen atoms in total. The maximum atomic E-state index is 11.8. The van der Waals surface area contributed by atoms with Crippen molar-refractivity contribution in [2.45, 2.75) is 57.4 Å². The lowest BCUT2D eigenvalue weighted by atomic mass is 9.86. The highest BCUT2D eigenvalue weighted by atomic mass is 16.1. The monoisotopic (exact) mass is 261 g/mol. The van der Waals surface area contributed by atoms with E-state index in [0.29, 0.717) is 12.0 Å². The summed E-state index contributed by atoms with van der Waals surface area (Å²) in [5.74, 6) is 3.01. The topological polar surface area (TPSA) is 49.0 Å². The molecule has 0 bridgehead atoms. The van der Waals surface area contributed by atoms with E-state index in [-0.39, 0.29) is 5.56 Å². The van der Waals surface area contributed by atoms with Crippen molar-refractivity contribution in [2.24, 2.45) is 5.92 Å². The van der Waals surface area contributed by atoms with E-state index in [0.717, 1.165) is 30.4 Å². The molecule has 2 aliphatic carbocycles. The molecule has 104 valence electrons. The Morgan fingerprint density at radius 2 is 2.11 bits per heavy atom. The minimum Gasteiger partial charge on any atom is -0.356 e. The third-order valence-electron chi connectivity index (χ3n) is 4.53. The zero-order chi connectivity index (χ0) is 13.4. The fraction of sp³-hybridized carbons (Fsp3) is 0.733. The molecule has 1 N–H and O–H groups in total. The van der Waals surface area contributed by atoms with Crippen molar-refractivity contribution >= 4 is 5.82 Å². The van der Waals surface area contributed by atoms with Crippen molar-refractivity contribution in [3.8, 4) is 0 Å². The molecule has 0 radical (unpaired) electrons. The van der Waals surface area contributed by atoms with Crippen LogP contribution in [0.2, 0.25) is 0 Å². The first-order valence-electron chi connectivity index (χ1n) is 7.47. The summed E-state index contributed by atoms with van der Waals surface area (Å²) in [5.41, 5.74) is -0.0115. The van der Waals surface area contributed by atoms with E-state index in [1.54, 1.807) is 6.07 Å². The van der Waals surface area contributed by atoms with Crippen LogP contribution in [-0.4, -0.2) is 23.1 Å². The number of nitrogens with one attached hydrogen (secondary N) is 1. The highest BCUT2D eigenvalue weighted by Crippen LogP contribution is 2.38. The summed E-state index contributed by atoms with van der Waals surface area (Å²) in [6.07, 6.45) is 7.38.